The summed E-state index contributed by atoms with van der Waals surface area (Å²) >= 11 is 0. The van der Waals surface area contributed by atoms with Crippen molar-refractivity contribution in [3.05, 3.63) is 0 Å². The lowest BCUT2D eigenvalue weighted by atomic mass is 10.1. The van der Waals surface area contributed by atoms with Gasteiger partial charge in [-0.15, -0.1) is 0 Å². The van der Waals surface area contributed by atoms with E-state index in [0.29, 0.717) is 6.16 Å². The Hall–Kier alpha value is 0.0200. The zero-order valence-electron chi connectivity index (χ0n) is 11.1. The van der Waals surface area contributed by atoms with Gasteiger partial charge in [0.1, 0.15) is 0 Å². The summed E-state index contributed by atoms with van der Waals surface area (Å²) in [4.78, 5) is 0. The van der Waals surface area contributed by atoms with E-state index in [2.05, 4.69) is 6.92 Å². The molecule has 0 bridgehead atoms. The summed E-state index contributed by atoms with van der Waals surface area (Å²) < 4.78 is 11.0. The first-order chi connectivity index (χ1) is 8.18. The minimum absolute atomic E-state index is 0.448. The number of hydrogen-bond donors (Lipinski definition) is 2. The van der Waals surface area contributed by atoms with Crippen molar-refractivity contribution in [2.24, 2.45) is 0 Å². The molecule has 0 rings (SSSR count). The molecule has 0 aromatic carbocycles. The number of aliphatic hydroxyl groups is 2. The normalized spacial score (nSPS) is 12.1. The van der Waals surface area contributed by atoms with Crippen LogP contribution in [-0.2, 0) is 4.57 Å². The van der Waals surface area contributed by atoms with Crippen molar-refractivity contribution >= 4 is 7.80 Å². The smallest absolute Gasteiger partial charge is 0.329 e. The molecule has 0 aromatic rings. The van der Waals surface area contributed by atoms with Crippen molar-refractivity contribution < 1.29 is 14.8 Å². The molecule has 0 saturated heterocycles. The highest BCUT2D eigenvalue weighted by molar-refractivity contribution is 7.44. The molecule has 0 amide bonds. The average Bonchev–Trinajstić information content (AvgIpc) is 2.31. The molecule has 0 heterocycles. The lowest BCUT2D eigenvalue weighted by Gasteiger charge is -2.00. The van der Waals surface area contributed by atoms with E-state index in [-0.39, 0.29) is 0 Å². The van der Waals surface area contributed by atoms with Gasteiger partial charge in [-0.25, -0.2) is 0 Å². The van der Waals surface area contributed by atoms with Gasteiger partial charge in [0.25, 0.3) is 0 Å². The van der Waals surface area contributed by atoms with Gasteiger partial charge in [0, 0.05) is 0 Å². The molecule has 2 N–H and O–H groups in total. The molecule has 102 valence electrons. The standard InChI is InChI=1S/C13H28O3P/c1-2-3-4-5-6-7-8-9-10-11-12-17(16)13(14)15/h13-15H,2-12H2,1H3/q+1. The molecule has 17 heavy (non-hydrogen) atoms. The molecule has 4 heteroatoms. The van der Waals surface area contributed by atoms with Gasteiger partial charge in [-0.2, -0.15) is 0 Å². The third kappa shape index (κ3) is 12.3. The Labute approximate surface area is 106 Å². The fraction of sp³-hybridized carbons (Fsp3) is 1.00. The van der Waals surface area contributed by atoms with Crippen LogP contribution in [0.15, 0.2) is 0 Å². The summed E-state index contributed by atoms with van der Waals surface area (Å²) in [7, 11) is -1.81. The molecule has 1 atom stereocenters. The SMILES string of the molecule is CCCCCCCCCCCC[P+](=O)C(O)O. The summed E-state index contributed by atoms with van der Waals surface area (Å²) in [5.74, 6) is 0. The Morgan fingerprint density at radius 3 is 1.65 bits per heavy atom. The highest BCUT2D eigenvalue weighted by Crippen LogP contribution is 2.26. The Kier molecular flexibility index (Phi) is 12.5. The van der Waals surface area contributed by atoms with Crippen molar-refractivity contribution in [2.45, 2.75) is 77.2 Å². The van der Waals surface area contributed by atoms with E-state index in [1.54, 1.807) is 0 Å². The minimum Gasteiger partial charge on any atom is -0.329 e. The second-order valence-electron chi connectivity index (χ2n) is 4.67. The first-order valence-corrected chi connectivity index (χ1v) is 8.49. The number of unbranched alkanes of at least 4 members (excludes halogenated alkanes) is 9. The molecule has 0 aliphatic heterocycles. The van der Waals surface area contributed by atoms with Crippen LogP contribution in [0.2, 0.25) is 0 Å². The van der Waals surface area contributed by atoms with Crippen LogP contribution < -0.4 is 0 Å². The van der Waals surface area contributed by atoms with Crippen LogP contribution in [0.25, 0.3) is 0 Å². The Balaban J connectivity index is 3.06. The number of aliphatic hydroxyl groups excluding tert-OH is 1. The summed E-state index contributed by atoms with van der Waals surface area (Å²) in [5.41, 5.74) is 0. The maximum Gasteiger partial charge on any atom is 0.400 e. The quantitative estimate of drug-likeness (QED) is 0.318. The van der Waals surface area contributed by atoms with Gasteiger partial charge in [0.15, 0.2) is 6.16 Å². The van der Waals surface area contributed by atoms with Crippen LogP contribution in [0.1, 0.15) is 71.1 Å². The lowest BCUT2D eigenvalue weighted by molar-refractivity contribution is 0.0320. The Bertz CT molecular complexity index is 184. The molecule has 3 nitrogen and oxygen atoms in total. The monoisotopic (exact) mass is 263 g/mol. The van der Waals surface area contributed by atoms with Crippen molar-refractivity contribution in [1.82, 2.24) is 0 Å². The molecular formula is C13H28O3P+. The van der Waals surface area contributed by atoms with Crippen molar-refractivity contribution in [2.75, 3.05) is 6.16 Å². The zero-order chi connectivity index (χ0) is 12.9. The van der Waals surface area contributed by atoms with E-state index < -0.39 is 13.8 Å². The highest BCUT2D eigenvalue weighted by atomic mass is 31.1. The van der Waals surface area contributed by atoms with Gasteiger partial charge in [0.05, 0.1) is 0 Å². The molecule has 0 spiro atoms. The molecule has 0 aromatic heterocycles. The Morgan fingerprint density at radius 2 is 1.24 bits per heavy atom. The van der Waals surface area contributed by atoms with E-state index in [9.17, 15) is 4.57 Å². The maximum atomic E-state index is 11.0. The first kappa shape index (κ1) is 17.0. The average molecular weight is 263 g/mol. The third-order valence-electron chi connectivity index (χ3n) is 2.99. The van der Waals surface area contributed by atoms with Gasteiger partial charge >= 0.3 is 13.8 Å². The lowest BCUT2D eigenvalue weighted by Crippen LogP contribution is -1.99. The van der Waals surface area contributed by atoms with Gasteiger partial charge in [-0.05, 0) is 12.8 Å². The van der Waals surface area contributed by atoms with Crippen LogP contribution in [0.3, 0.4) is 0 Å². The number of hydrogen-bond acceptors (Lipinski definition) is 3. The van der Waals surface area contributed by atoms with Crippen LogP contribution in [0.5, 0.6) is 0 Å². The molecular weight excluding hydrogens is 235 g/mol. The summed E-state index contributed by atoms with van der Waals surface area (Å²) in [6.07, 6.45) is 12.8. The summed E-state index contributed by atoms with van der Waals surface area (Å²) in [6, 6.07) is -1.62. The van der Waals surface area contributed by atoms with Crippen molar-refractivity contribution in [1.29, 1.82) is 0 Å². The number of rotatable bonds is 12. The van der Waals surface area contributed by atoms with Crippen LogP contribution in [0.4, 0.5) is 0 Å². The first-order valence-electron chi connectivity index (χ1n) is 6.98. The van der Waals surface area contributed by atoms with Crippen molar-refractivity contribution in [3.8, 4) is 0 Å². The molecule has 1 unspecified atom stereocenters. The predicted molar refractivity (Wildman–Crippen MR) is 72.5 cm³/mol. The maximum absolute atomic E-state index is 11.0. The van der Waals surface area contributed by atoms with Crippen LogP contribution in [0, 0.1) is 0 Å². The minimum atomic E-state index is -1.81. The Morgan fingerprint density at radius 1 is 0.824 bits per heavy atom. The van der Waals surface area contributed by atoms with E-state index in [0.717, 1.165) is 12.8 Å². The van der Waals surface area contributed by atoms with E-state index in [4.69, 9.17) is 10.2 Å². The second kappa shape index (κ2) is 12.5. The second-order valence-corrected chi connectivity index (χ2v) is 6.41. The van der Waals surface area contributed by atoms with Gasteiger partial charge in [-0.3, -0.25) is 0 Å². The van der Waals surface area contributed by atoms with Gasteiger partial charge in [-0.1, -0.05) is 62.9 Å². The molecule has 0 aliphatic rings. The van der Waals surface area contributed by atoms with Crippen LogP contribution >= 0.6 is 7.80 Å². The van der Waals surface area contributed by atoms with Crippen LogP contribution in [-0.4, -0.2) is 22.4 Å². The highest BCUT2D eigenvalue weighted by Gasteiger charge is 2.23. The fourth-order valence-electron chi connectivity index (χ4n) is 1.87. The predicted octanol–water partition coefficient (Wildman–Crippen LogP) is 4.00. The molecule has 0 fully saturated rings. The van der Waals surface area contributed by atoms with E-state index in [1.165, 1.54) is 51.4 Å². The molecule has 0 radical (unpaired) electrons. The molecule has 0 saturated carbocycles. The van der Waals surface area contributed by atoms with E-state index in [1.807, 2.05) is 0 Å². The zero-order valence-corrected chi connectivity index (χ0v) is 12.0. The fourth-order valence-corrected chi connectivity index (χ4v) is 2.64. The van der Waals surface area contributed by atoms with Gasteiger partial charge < -0.3 is 10.2 Å². The van der Waals surface area contributed by atoms with E-state index >= 15 is 0 Å². The largest absolute Gasteiger partial charge is 0.400 e. The van der Waals surface area contributed by atoms with Crippen molar-refractivity contribution in [3.63, 3.8) is 0 Å². The summed E-state index contributed by atoms with van der Waals surface area (Å²) in [6.45, 7) is 2.23. The topological polar surface area (TPSA) is 57.5 Å². The summed E-state index contributed by atoms with van der Waals surface area (Å²) in [5, 5.41) is 17.3. The third-order valence-corrected chi connectivity index (χ3v) is 4.26. The van der Waals surface area contributed by atoms with Gasteiger partial charge in [0.2, 0.25) is 0 Å². The molecule has 0 aliphatic carbocycles.